The van der Waals surface area contributed by atoms with E-state index in [1.165, 1.54) is 0 Å². The normalized spacial score (nSPS) is 18.4. The summed E-state index contributed by atoms with van der Waals surface area (Å²) in [5.74, 6) is 0.597. The van der Waals surface area contributed by atoms with Gasteiger partial charge >= 0.3 is 0 Å². The molecule has 0 spiro atoms. The van der Waals surface area contributed by atoms with Crippen molar-refractivity contribution < 1.29 is 17.9 Å². The lowest BCUT2D eigenvalue weighted by Crippen LogP contribution is -2.42. The lowest BCUT2D eigenvalue weighted by Gasteiger charge is -2.23. The molecule has 0 radical (unpaired) electrons. The van der Waals surface area contributed by atoms with E-state index < -0.39 is 9.84 Å². The molecule has 2 rings (SSSR count). The van der Waals surface area contributed by atoms with Crippen LogP contribution in [0.3, 0.4) is 0 Å². The SMILES string of the molecule is Nc1ccc(OCC(=O)NC2CCS(=O)(=O)CC2)cc1. The Morgan fingerprint density at radius 3 is 2.45 bits per heavy atom. The fraction of sp³-hybridized carbons (Fsp3) is 0.462. The molecule has 1 aromatic rings. The van der Waals surface area contributed by atoms with Crippen molar-refractivity contribution in [2.45, 2.75) is 18.9 Å². The number of nitrogens with one attached hydrogen (secondary N) is 1. The standard InChI is InChI=1S/C13H18N2O4S/c14-10-1-3-12(4-2-10)19-9-13(16)15-11-5-7-20(17,18)8-6-11/h1-4,11H,5-9,14H2,(H,15,16). The second kappa shape index (κ2) is 6.13. The molecule has 1 saturated heterocycles. The van der Waals surface area contributed by atoms with Gasteiger partial charge in [0.1, 0.15) is 15.6 Å². The quantitative estimate of drug-likeness (QED) is 0.781. The molecule has 3 N–H and O–H groups in total. The molecule has 1 fully saturated rings. The fourth-order valence-corrected chi connectivity index (χ4v) is 3.51. The van der Waals surface area contributed by atoms with Gasteiger partial charge in [0, 0.05) is 11.7 Å². The molecule has 1 heterocycles. The van der Waals surface area contributed by atoms with Gasteiger partial charge in [-0.3, -0.25) is 4.79 Å². The van der Waals surface area contributed by atoms with Crippen LogP contribution in [0.25, 0.3) is 0 Å². The van der Waals surface area contributed by atoms with Crippen LogP contribution in [0, 0.1) is 0 Å². The molecule has 7 heteroatoms. The first-order valence-electron chi connectivity index (χ1n) is 6.43. The van der Waals surface area contributed by atoms with Crippen molar-refractivity contribution in [1.82, 2.24) is 5.32 Å². The summed E-state index contributed by atoms with van der Waals surface area (Å²) in [5.41, 5.74) is 6.17. The molecule has 20 heavy (non-hydrogen) atoms. The number of carbonyl (C=O) groups excluding carboxylic acids is 1. The van der Waals surface area contributed by atoms with E-state index >= 15 is 0 Å². The molecule has 6 nitrogen and oxygen atoms in total. The Morgan fingerprint density at radius 2 is 1.85 bits per heavy atom. The first-order valence-corrected chi connectivity index (χ1v) is 8.25. The first-order chi connectivity index (χ1) is 9.44. The molecule has 0 aromatic heterocycles. The lowest BCUT2D eigenvalue weighted by molar-refractivity contribution is -0.123. The van der Waals surface area contributed by atoms with Crippen LogP contribution < -0.4 is 15.8 Å². The van der Waals surface area contributed by atoms with Gasteiger partial charge in [-0.15, -0.1) is 0 Å². The summed E-state index contributed by atoms with van der Waals surface area (Å²) in [6, 6.07) is 6.69. The number of ether oxygens (including phenoxy) is 1. The molecule has 1 aliphatic rings. The molecule has 1 aromatic carbocycles. The zero-order valence-corrected chi connectivity index (χ0v) is 11.9. The van der Waals surface area contributed by atoms with E-state index in [4.69, 9.17) is 10.5 Å². The highest BCUT2D eigenvalue weighted by Crippen LogP contribution is 2.14. The monoisotopic (exact) mass is 298 g/mol. The predicted octanol–water partition coefficient (Wildman–Crippen LogP) is 0.341. The zero-order chi connectivity index (χ0) is 14.6. The van der Waals surface area contributed by atoms with E-state index in [2.05, 4.69) is 5.32 Å². The average Bonchev–Trinajstić information content (AvgIpc) is 2.41. The third-order valence-electron chi connectivity index (χ3n) is 3.17. The average molecular weight is 298 g/mol. The maximum absolute atomic E-state index is 11.7. The van der Waals surface area contributed by atoms with Gasteiger partial charge in [0.25, 0.3) is 5.91 Å². The van der Waals surface area contributed by atoms with Crippen molar-refractivity contribution in [3.63, 3.8) is 0 Å². The van der Waals surface area contributed by atoms with Crippen LogP contribution in [-0.4, -0.2) is 38.5 Å². The van der Waals surface area contributed by atoms with Gasteiger partial charge in [0.05, 0.1) is 11.5 Å². The number of nitrogens with two attached hydrogens (primary N) is 1. The number of anilines is 1. The fourth-order valence-electron chi connectivity index (χ4n) is 2.02. The van der Waals surface area contributed by atoms with Gasteiger partial charge < -0.3 is 15.8 Å². The largest absolute Gasteiger partial charge is 0.484 e. The van der Waals surface area contributed by atoms with Gasteiger partial charge in [-0.05, 0) is 37.1 Å². The van der Waals surface area contributed by atoms with E-state index in [-0.39, 0.29) is 30.1 Å². The van der Waals surface area contributed by atoms with Crippen molar-refractivity contribution in [1.29, 1.82) is 0 Å². The summed E-state index contributed by atoms with van der Waals surface area (Å²) >= 11 is 0. The number of amides is 1. The van der Waals surface area contributed by atoms with Crippen molar-refractivity contribution >= 4 is 21.4 Å². The summed E-state index contributed by atoms with van der Waals surface area (Å²) < 4.78 is 27.9. The molecule has 0 saturated carbocycles. The number of benzene rings is 1. The van der Waals surface area contributed by atoms with Gasteiger partial charge in [-0.1, -0.05) is 0 Å². The van der Waals surface area contributed by atoms with Gasteiger partial charge in [-0.2, -0.15) is 0 Å². The van der Waals surface area contributed by atoms with Crippen LogP contribution in [0.2, 0.25) is 0 Å². The second-order valence-corrected chi connectivity index (χ2v) is 7.15. The van der Waals surface area contributed by atoms with E-state index in [0.29, 0.717) is 24.3 Å². The Balaban J connectivity index is 1.74. The summed E-state index contributed by atoms with van der Waals surface area (Å²) in [4.78, 5) is 11.7. The molecule has 0 atom stereocenters. The highest BCUT2D eigenvalue weighted by Gasteiger charge is 2.24. The van der Waals surface area contributed by atoms with Crippen LogP contribution in [0.5, 0.6) is 5.75 Å². The third-order valence-corrected chi connectivity index (χ3v) is 4.89. The molecule has 1 aliphatic heterocycles. The Kier molecular flexibility index (Phi) is 4.49. The highest BCUT2D eigenvalue weighted by molar-refractivity contribution is 7.91. The minimum atomic E-state index is -2.91. The molecular formula is C13H18N2O4S. The van der Waals surface area contributed by atoms with Crippen LogP contribution in [-0.2, 0) is 14.6 Å². The number of carbonyl (C=O) groups is 1. The smallest absolute Gasteiger partial charge is 0.258 e. The maximum atomic E-state index is 11.7. The van der Waals surface area contributed by atoms with E-state index in [0.717, 1.165) is 0 Å². The van der Waals surface area contributed by atoms with Crippen molar-refractivity contribution in [3.8, 4) is 5.75 Å². The Morgan fingerprint density at radius 1 is 1.25 bits per heavy atom. The van der Waals surface area contributed by atoms with E-state index in [1.54, 1.807) is 24.3 Å². The number of hydrogen-bond acceptors (Lipinski definition) is 5. The molecular weight excluding hydrogens is 280 g/mol. The molecule has 0 bridgehead atoms. The Hall–Kier alpha value is -1.76. The summed E-state index contributed by atoms with van der Waals surface area (Å²) in [7, 11) is -2.91. The van der Waals surface area contributed by atoms with Crippen LogP contribution in [0.4, 0.5) is 5.69 Å². The minimum absolute atomic E-state index is 0.0824. The minimum Gasteiger partial charge on any atom is -0.484 e. The van der Waals surface area contributed by atoms with Gasteiger partial charge in [-0.25, -0.2) is 8.42 Å². The highest BCUT2D eigenvalue weighted by atomic mass is 32.2. The third kappa shape index (κ3) is 4.41. The zero-order valence-electron chi connectivity index (χ0n) is 11.0. The van der Waals surface area contributed by atoms with Crippen LogP contribution >= 0.6 is 0 Å². The van der Waals surface area contributed by atoms with Crippen molar-refractivity contribution in [2.75, 3.05) is 23.8 Å². The van der Waals surface area contributed by atoms with Gasteiger partial charge in [0.15, 0.2) is 6.61 Å². The van der Waals surface area contributed by atoms with E-state index in [9.17, 15) is 13.2 Å². The Bertz CT molecular complexity index is 555. The van der Waals surface area contributed by atoms with Crippen LogP contribution in [0.1, 0.15) is 12.8 Å². The van der Waals surface area contributed by atoms with Crippen molar-refractivity contribution in [2.24, 2.45) is 0 Å². The lowest BCUT2D eigenvalue weighted by atomic mass is 10.1. The number of sulfone groups is 1. The van der Waals surface area contributed by atoms with Crippen LogP contribution in [0.15, 0.2) is 24.3 Å². The van der Waals surface area contributed by atoms with Crippen molar-refractivity contribution in [3.05, 3.63) is 24.3 Å². The number of nitrogen functional groups attached to an aromatic ring is 1. The maximum Gasteiger partial charge on any atom is 0.258 e. The molecule has 0 aliphatic carbocycles. The summed E-state index contributed by atoms with van der Waals surface area (Å²) in [5, 5.41) is 2.79. The second-order valence-electron chi connectivity index (χ2n) is 4.85. The first kappa shape index (κ1) is 14.6. The molecule has 1 amide bonds. The predicted molar refractivity (Wildman–Crippen MR) is 76.2 cm³/mol. The molecule has 0 unspecified atom stereocenters. The molecule has 110 valence electrons. The summed E-state index contributed by atoms with van der Waals surface area (Å²) in [6.07, 6.45) is 0.936. The topological polar surface area (TPSA) is 98.5 Å². The number of hydrogen-bond donors (Lipinski definition) is 2. The number of rotatable bonds is 4. The Labute approximate surface area is 118 Å². The van der Waals surface area contributed by atoms with E-state index in [1.807, 2.05) is 0 Å². The van der Waals surface area contributed by atoms with Gasteiger partial charge in [0.2, 0.25) is 0 Å². The summed E-state index contributed by atoms with van der Waals surface area (Å²) in [6.45, 7) is -0.0901.